The number of hydrogen-bond donors (Lipinski definition) is 1. The second-order valence-electron chi connectivity index (χ2n) is 4.57. The lowest BCUT2D eigenvalue weighted by atomic mass is 10.2. The van der Waals surface area contributed by atoms with Crippen molar-refractivity contribution in [3.05, 3.63) is 29.8 Å². The second-order valence-corrected chi connectivity index (χ2v) is 4.57. The lowest BCUT2D eigenvalue weighted by Crippen LogP contribution is -2.12. The maximum Gasteiger partial charge on any atom is 0.118 e. The summed E-state index contributed by atoms with van der Waals surface area (Å²) in [6.45, 7) is 3.00. The molecule has 1 fully saturated rings. The van der Waals surface area contributed by atoms with Gasteiger partial charge in [-0.2, -0.15) is 0 Å². The fourth-order valence-corrected chi connectivity index (χ4v) is 1.92. The van der Waals surface area contributed by atoms with E-state index in [1.165, 1.54) is 0 Å². The Kier molecular flexibility index (Phi) is 4.58. The smallest absolute Gasteiger partial charge is 0.118 e. The van der Waals surface area contributed by atoms with Gasteiger partial charge in [-0.3, -0.25) is 0 Å². The molecule has 0 aliphatic carbocycles. The standard InChI is InChI=1S/C14H20O4/c1-10(15)14-13(18-14)7-8-17-9-11-3-5-12(16-2)6-4-11/h3-6,10,13-15H,7-9H2,1-2H3/t10-,13-,14-/m0/s1. The van der Waals surface area contributed by atoms with Gasteiger partial charge in [0, 0.05) is 6.61 Å². The van der Waals surface area contributed by atoms with Gasteiger partial charge in [-0.15, -0.1) is 0 Å². The average molecular weight is 252 g/mol. The largest absolute Gasteiger partial charge is 0.497 e. The van der Waals surface area contributed by atoms with Crippen LogP contribution in [0.3, 0.4) is 0 Å². The SMILES string of the molecule is COc1ccc(COCC[C@@H]2O[C@H]2[C@H](C)O)cc1. The van der Waals surface area contributed by atoms with Gasteiger partial charge >= 0.3 is 0 Å². The van der Waals surface area contributed by atoms with Gasteiger partial charge in [0.25, 0.3) is 0 Å². The Labute approximate surface area is 107 Å². The van der Waals surface area contributed by atoms with Crippen LogP contribution in [0.15, 0.2) is 24.3 Å². The Morgan fingerprint density at radius 2 is 2.06 bits per heavy atom. The second kappa shape index (κ2) is 6.18. The molecule has 0 aromatic heterocycles. The minimum atomic E-state index is -0.378. The van der Waals surface area contributed by atoms with E-state index in [9.17, 15) is 5.11 Å². The van der Waals surface area contributed by atoms with E-state index in [1.54, 1.807) is 14.0 Å². The molecular formula is C14H20O4. The lowest BCUT2D eigenvalue weighted by Gasteiger charge is -2.05. The maximum atomic E-state index is 9.27. The summed E-state index contributed by atoms with van der Waals surface area (Å²) in [5, 5.41) is 9.27. The van der Waals surface area contributed by atoms with Crippen LogP contribution in [0.25, 0.3) is 0 Å². The zero-order valence-electron chi connectivity index (χ0n) is 10.8. The summed E-state index contributed by atoms with van der Waals surface area (Å²) in [6.07, 6.45) is 0.637. The number of benzene rings is 1. The van der Waals surface area contributed by atoms with E-state index in [1.807, 2.05) is 24.3 Å². The summed E-state index contributed by atoms with van der Waals surface area (Å²) in [5.41, 5.74) is 1.12. The molecule has 4 nitrogen and oxygen atoms in total. The molecule has 0 unspecified atom stereocenters. The van der Waals surface area contributed by atoms with Gasteiger partial charge < -0.3 is 19.3 Å². The molecule has 1 aliphatic heterocycles. The summed E-state index contributed by atoms with van der Waals surface area (Å²) >= 11 is 0. The predicted molar refractivity (Wildman–Crippen MR) is 67.6 cm³/mol. The van der Waals surface area contributed by atoms with Crippen molar-refractivity contribution in [3.63, 3.8) is 0 Å². The highest BCUT2D eigenvalue weighted by Gasteiger charge is 2.41. The molecule has 4 heteroatoms. The number of hydrogen-bond acceptors (Lipinski definition) is 4. The third kappa shape index (κ3) is 3.70. The number of rotatable bonds is 7. The van der Waals surface area contributed by atoms with E-state index >= 15 is 0 Å². The van der Waals surface area contributed by atoms with Crippen LogP contribution in [0.1, 0.15) is 18.9 Å². The van der Waals surface area contributed by atoms with Gasteiger partial charge in [0.15, 0.2) is 0 Å². The number of ether oxygens (including phenoxy) is 3. The monoisotopic (exact) mass is 252 g/mol. The van der Waals surface area contributed by atoms with Crippen LogP contribution in [0, 0.1) is 0 Å². The summed E-state index contributed by atoms with van der Waals surface area (Å²) in [4.78, 5) is 0. The zero-order chi connectivity index (χ0) is 13.0. The van der Waals surface area contributed by atoms with Crippen molar-refractivity contribution in [2.75, 3.05) is 13.7 Å². The fraction of sp³-hybridized carbons (Fsp3) is 0.571. The van der Waals surface area contributed by atoms with Gasteiger partial charge in [-0.1, -0.05) is 12.1 Å². The molecule has 0 saturated carbocycles. The predicted octanol–water partition coefficient (Wildman–Crippen LogP) is 1.75. The average Bonchev–Trinajstić information content (AvgIpc) is 3.15. The highest BCUT2D eigenvalue weighted by molar-refractivity contribution is 5.26. The van der Waals surface area contributed by atoms with Gasteiger partial charge in [0.1, 0.15) is 11.9 Å². The van der Waals surface area contributed by atoms with Gasteiger partial charge in [-0.25, -0.2) is 0 Å². The summed E-state index contributed by atoms with van der Waals surface area (Å²) in [5.74, 6) is 0.852. The number of aliphatic hydroxyl groups excluding tert-OH is 1. The fourth-order valence-electron chi connectivity index (χ4n) is 1.92. The number of epoxide rings is 1. The van der Waals surface area contributed by atoms with Crippen LogP contribution >= 0.6 is 0 Å². The van der Waals surface area contributed by atoms with Crippen molar-refractivity contribution in [2.45, 2.75) is 38.3 Å². The Balaban J connectivity index is 1.61. The number of methoxy groups -OCH3 is 1. The zero-order valence-corrected chi connectivity index (χ0v) is 10.8. The summed E-state index contributed by atoms with van der Waals surface area (Å²) < 4.78 is 16.0. The molecule has 3 atom stereocenters. The van der Waals surface area contributed by atoms with Crippen molar-refractivity contribution in [1.29, 1.82) is 0 Å². The van der Waals surface area contributed by atoms with E-state index in [-0.39, 0.29) is 18.3 Å². The molecule has 1 aromatic rings. The van der Waals surface area contributed by atoms with Gasteiger partial charge in [0.05, 0.1) is 25.9 Å². The molecule has 18 heavy (non-hydrogen) atoms. The van der Waals surface area contributed by atoms with Gasteiger partial charge in [0.2, 0.25) is 0 Å². The highest BCUT2D eigenvalue weighted by Crippen LogP contribution is 2.28. The Morgan fingerprint density at radius 1 is 1.33 bits per heavy atom. The summed E-state index contributed by atoms with van der Waals surface area (Å²) in [6, 6.07) is 7.83. The quantitative estimate of drug-likeness (QED) is 0.593. The minimum Gasteiger partial charge on any atom is -0.497 e. The van der Waals surface area contributed by atoms with E-state index in [0.29, 0.717) is 13.2 Å². The molecule has 0 radical (unpaired) electrons. The first-order chi connectivity index (χ1) is 8.70. The molecule has 0 spiro atoms. The van der Waals surface area contributed by atoms with Crippen LogP contribution in [-0.2, 0) is 16.1 Å². The van der Waals surface area contributed by atoms with Crippen LogP contribution < -0.4 is 4.74 Å². The van der Waals surface area contributed by atoms with Gasteiger partial charge in [-0.05, 0) is 31.0 Å². The molecule has 1 aliphatic rings. The topological polar surface area (TPSA) is 51.2 Å². The molecular weight excluding hydrogens is 232 g/mol. The van der Waals surface area contributed by atoms with E-state index in [2.05, 4.69) is 0 Å². The molecule has 1 heterocycles. The molecule has 1 N–H and O–H groups in total. The van der Waals surface area contributed by atoms with Crippen molar-refractivity contribution < 1.29 is 19.3 Å². The Bertz CT molecular complexity index is 361. The normalized spacial score (nSPS) is 23.7. The lowest BCUT2D eigenvalue weighted by molar-refractivity contribution is 0.113. The van der Waals surface area contributed by atoms with Crippen molar-refractivity contribution >= 4 is 0 Å². The third-order valence-corrected chi connectivity index (χ3v) is 3.07. The maximum absolute atomic E-state index is 9.27. The first-order valence-electron chi connectivity index (χ1n) is 6.25. The molecule has 1 saturated heterocycles. The third-order valence-electron chi connectivity index (χ3n) is 3.07. The molecule has 1 aromatic carbocycles. The van der Waals surface area contributed by atoms with E-state index < -0.39 is 0 Å². The Morgan fingerprint density at radius 3 is 2.61 bits per heavy atom. The van der Waals surface area contributed by atoms with Crippen molar-refractivity contribution in [2.24, 2.45) is 0 Å². The van der Waals surface area contributed by atoms with Crippen molar-refractivity contribution in [1.82, 2.24) is 0 Å². The van der Waals surface area contributed by atoms with E-state index in [0.717, 1.165) is 17.7 Å². The van der Waals surface area contributed by atoms with Crippen molar-refractivity contribution in [3.8, 4) is 5.75 Å². The first kappa shape index (κ1) is 13.3. The van der Waals surface area contributed by atoms with Crippen LogP contribution in [0.5, 0.6) is 5.75 Å². The molecule has 0 bridgehead atoms. The Hall–Kier alpha value is -1.10. The molecule has 2 rings (SSSR count). The number of aliphatic hydroxyl groups is 1. The first-order valence-corrected chi connectivity index (χ1v) is 6.25. The highest BCUT2D eigenvalue weighted by atomic mass is 16.6. The van der Waals surface area contributed by atoms with E-state index in [4.69, 9.17) is 14.2 Å². The molecule has 100 valence electrons. The molecule has 0 amide bonds. The van der Waals surface area contributed by atoms with Crippen LogP contribution in [0.2, 0.25) is 0 Å². The minimum absolute atomic E-state index is 0.00888. The summed E-state index contributed by atoms with van der Waals surface area (Å²) in [7, 11) is 1.65. The van der Waals surface area contributed by atoms with Crippen LogP contribution in [0.4, 0.5) is 0 Å². The van der Waals surface area contributed by atoms with Crippen LogP contribution in [-0.4, -0.2) is 37.1 Å².